The quantitative estimate of drug-likeness (QED) is 0.526. The molecule has 0 aromatic heterocycles. The average molecular weight is 418 g/mol. The Labute approximate surface area is 182 Å². The maximum absolute atomic E-state index is 12.2. The summed E-state index contributed by atoms with van der Waals surface area (Å²) in [6, 6.07) is 22.4. The van der Waals surface area contributed by atoms with Gasteiger partial charge in [0.05, 0.1) is 0 Å². The molecular formula is C25H26N2O4. The number of hydrogen-bond acceptors (Lipinski definition) is 5. The molecule has 0 aliphatic rings. The number of esters is 1. The number of rotatable bonds is 7. The predicted octanol–water partition coefficient (Wildman–Crippen LogP) is 5.04. The first-order chi connectivity index (χ1) is 14.8. The Hall–Kier alpha value is -3.80. The molecule has 0 aliphatic heterocycles. The Morgan fingerprint density at radius 3 is 2.23 bits per heavy atom. The summed E-state index contributed by atoms with van der Waals surface area (Å²) < 4.78 is 5.01. The Balaban J connectivity index is 1.60. The van der Waals surface area contributed by atoms with Crippen molar-refractivity contribution in [1.82, 2.24) is 0 Å². The molecule has 3 aromatic rings. The Kier molecular flexibility index (Phi) is 6.92. The van der Waals surface area contributed by atoms with E-state index in [0.717, 1.165) is 16.9 Å². The third-order valence-corrected chi connectivity index (χ3v) is 4.69. The van der Waals surface area contributed by atoms with Crippen LogP contribution in [0.25, 0.3) is 0 Å². The molecule has 2 N–H and O–H groups in total. The highest BCUT2D eigenvalue weighted by atomic mass is 16.5. The summed E-state index contributed by atoms with van der Waals surface area (Å²) in [7, 11) is 0. The van der Waals surface area contributed by atoms with E-state index in [0.29, 0.717) is 5.69 Å². The number of aromatic hydroxyl groups is 1. The highest BCUT2D eigenvalue weighted by Gasteiger charge is 2.15. The van der Waals surface area contributed by atoms with E-state index in [9.17, 15) is 14.7 Å². The number of amides is 1. The lowest BCUT2D eigenvalue weighted by Gasteiger charge is -2.29. The van der Waals surface area contributed by atoms with E-state index < -0.39 is 18.5 Å². The molecule has 0 bridgehead atoms. The minimum Gasteiger partial charge on any atom is -0.507 e. The van der Waals surface area contributed by atoms with Crippen molar-refractivity contribution in [3.8, 4) is 5.75 Å². The van der Waals surface area contributed by atoms with Crippen molar-refractivity contribution in [2.45, 2.75) is 26.8 Å². The molecular weight excluding hydrogens is 392 g/mol. The van der Waals surface area contributed by atoms with Gasteiger partial charge in [0.15, 0.2) is 6.61 Å². The molecule has 6 nitrogen and oxygen atoms in total. The second-order valence-corrected chi connectivity index (χ2v) is 7.49. The molecule has 0 aliphatic carbocycles. The van der Waals surface area contributed by atoms with Gasteiger partial charge in [-0.2, -0.15) is 0 Å². The summed E-state index contributed by atoms with van der Waals surface area (Å²) in [5.41, 5.74) is 3.52. The van der Waals surface area contributed by atoms with Gasteiger partial charge in [-0.25, -0.2) is 4.79 Å². The van der Waals surface area contributed by atoms with Crippen molar-refractivity contribution >= 4 is 28.9 Å². The Bertz CT molecular complexity index is 1050. The first-order valence-corrected chi connectivity index (χ1v) is 10.1. The molecule has 0 radical (unpaired) electrons. The Morgan fingerprint density at radius 2 is 1.61 bits per heavy atom. The topological polar surface area (TPSA) is 78.9 Å². The monoisotopic (exact) mass is 418 g/mol. The van der Waals surface area contributed by atoms with E-state index in [1.165, 1.54) is 12.1 Å². The zero-order chi connectivity index (χ0) is 22.4. The maximum Gasteiger partial charge on any atom is 0.342 e. The van der Waals surface area contributed by atoms with Crippen LogP contribution >= 0.6 is 0 Å². The number of benzene rings is 3. The van der Waals surface area contributed by atoms with Crippen molar-refractivity contribution in [3.05, 3.63) is 83.9 Å². The largest absolute Gasteiger partial charge is 0.507 e. The molecule has 31 heavy (non-hydrogen) atoms. The molecule has 0 atom stereocenters. The highest BCUT2D eigenvalue weighted by molar-refractivity contribution is 5.96. The van der Waals surface area contributed by atoms with E-state index in [1.54, 1.807) is 25.1 Å². The van der Waals surface area contributed by atoms with Gasteiger partial charge in [0.2, 0.25) is 0 Å². The summed E-state index contributed by atoms with van der Waals surface area (Å²) in [5, 5.41) is 12.6. The first kappa shape index (κ1) is 21.9. The van der Waals surface area contributed by atoms with Crippen molar-refractivity contribution in [1.29, 1.82) is 0 Å². The molecule has 0 fully saturated rings. The van der Waals surface area contributed by atoms with E-state index in [4.69, 9.17) is 4.74 Å². The van der Waals surface area contributed by atoms with Gasteiger partial charge < -0.3 is 20.1 Å². The molecule has 0 unspecified atom stereocenters. The van der Waals surface area contributed by atoms with Crippen LogP contribution in [0.5, 0.6) is 5.75 Å². The summed E-state index contributed by atoms with van der Waals surface area (Å²) >= 11 is 0. The maximum atomic E-state index is 12.2. The molecule has 160 valence electrons. The lowest BCUT2D eigenvalue weighted by atomic mass is 10.1. The number of anilines is 3. The zero-order valence-corrected chi connectivity index (χ0v) is 17.8. The van der Waals surface area contributed by atoms with Crippen LogP contribution < -0.4 is 10.2 Å². The minimum atomic E-state index is -0.751. The van der Waals surface area contributed by atoms with Crippen LogP contribution in [0.4, 0.5) is 17.1 Å². The van der Waals surface area contributed by atoms with Gasteiger partial charge in [0, 0.05) is 23.1 Å². The smallest absolute Gasteiger partial charge is 0.342 e. The summed E-state index contributed by atoms with van der Waals surface area (Å²) in [4.78, 5) is 26.5. The Morgan fingerprint density at radius 1 is 0.968 bits per heavy atom. The number of phenolic OH excluding ortho intramolecular Hbond substituents is 1. The summed E-state index contributed by atoms with van der Waals surface area (Å²) in [6.07, 6.45) is 0. The van der Waals surface area contributed by atoms with Crippen LogP contribution in [0, 0.1) is 6.92 Å². The van der Waals surface area contributed by atoms with Gasteiger partial charge in [0.1, 0.15) is 11.3 Å². The van der Waals surface area contributed by atoms with Crippen LogP contribution in [-0.4, -0.2) is 29.6 Å². The van der Waals surface area contributed by atoms with Crippen LogP contribution in [0.3, 0.4) is 0 Å². The van der Waals surface area contributed by atoms with Gasteiger partial charge in [0.25, 0.3) is 5.91 Å². The van der Waals surface area contributed by atoms with Gasteiger partial charge in [-0.05, 0) is 74.9 Å². The molecule has 0 spiro atoms. The fourth-order valence-electron chi connectivity index (χ4n) is 3.26. The second kappa shape index (κ2) is 9.80. The van der Waals surface area contributed by atoms with Crippen LogP contribution in [0.1, 0.15) is 29.8 Å². The number of hydrogen-bond donors (Lipinski definition) is 2. The van der Waals surface area contributed by atoms with Gasteiger partial charge >= 0.3 is 5.97 Å². The van der Waals surface area contributed by atoms with Crippen molar-refractivity contribution in [2.75, 3.05) is 16.8 Å². The van der Waals surface area contributed by atoms with Crippen molar-refractivity contribution in [2.24, 2.45) is 0 Å². The molecule has 1 amide bonds. The zero-order valence-electron chi connectivity index (χ0n) is 17.8. The number of phenols is 1. The van der Waals surface area contributed by atoms with Gasteiger partial charge in [-0.1, -0.05) is 24.3 Å². The number of aryl methyl sites for hydroxylation is 1. The third kappa shape index (κ3) is 5.63. The van der Waals surface area contributed by atoms with Crippen LogP contribution in [-0.2, 0) is 9.53 Å². The molecule has 6 heteroatoms. The van der Waals surface area contributed by atoms with E-state index in [1.807, 2.05) is 30.3 Å². The number of nitrogens with one attached hydrogen (secondary N) is 1. The van der Waals surface area contributed by atoms with E-state index in [2.05, 4.69) is 36.2 Å². The third-order valence-electron chi connectivity index (χ3n) is 4.69. The molecule has 0 heterocycles. The minimum absolute atomic E-state index is 0.0254. The first-order valence-electron chi connectivity index (χ1n) is 10.1. The van der Waals surface area contributed by atoms with Gasteiger partial charge in [-0.3, -0.25) is 4.79 Å². The number of ether oxygens (including phenoxy) is 1. The molecule has 3 aromatic carbocycles. The number of carbonyl (C=O) groups excluding carboxylic acids is 2. The van der Waals surface area contributed by atoms with Crippen LogP contribution in [0.2, 0.25) is 0 Å². The molecule has 0 saturated carbocycles. The standard InChI is InChI=1S/C25H26N2O4/c1-17(2)27(20-7-5-4-6-8-20)21-12-10-19(11-13-21)26-24(29)16-31-25(30)22-14-9-18(3)15-23(22)28/h4-15,17,28H,16H2,1-3H3,(H,26,29). The number of nitrogens with zero attached hydrogens (tertiary/aromatic N) is 1. The van der Waals surface area contributed by atoms with Crippen molar-refractivity contribution < 1.29 is 19.4 Å². The van der Waals surface area contributed by atoms with Crippen LogP contribution in [0.15, 0.2) is 72.8 Å². The number of para-hydroxylation sites is 1. The fraction of sp³-hybridized carbons (Fsp3) is 0.200. The highest BCUT2D eigenvalue weighted by Crippen LogP contribution is 2.28. The number of carbonyl (C=O) groups is 2. The normalized spacial score (nSPS) is 10.6. The lowest BCUT2D eigenvalue weighted by molar-refractivity contribution is -0.119. The fourth-order valence-corrected chi connectivity index (χ4v) is 3.26. The van der Waals surface area contributed by atoms with Crippen molar-refractivity contribution in [3.63, 3.8) is 0 Å². The summed E-state index contributed by atoms with van der Waals surface area (Å²) in [6.45, 7) is 5.58. The summed E-state index contributed by atoms with van der Waals surface area (Å²) in [5.74, 6) is -1.39. The SMILES string of the molecule is Cc1ccc(C(=O)OCC(=O)Nc2ccc(N(c3ccccc3)C(C)C)cc2)c(O)c1. The van der Waals surface area contributed by atoms with E-state index in [-0.39, 0.29) is 17.4 Å². The molecule has 0 saturated heterocycles. The average Bonchev–Trinajstić information content (AvgIpc) is 2.74. The predicted molar refractivity (Wildman–Crippen MR) is 122 cm³/mol. The van der Waals surface area contributed by atoms with Gasteiger partial charge in [-0.15, -0.1) is 0 Å². The molecule has 3 rings (SSSR count). The lowest BCUT2D eigenvalue weighted by Crippen LogP contribution is -2.25. The van der Waals surface area contributed by atoms with E-state index >= 15 is 0 Å². The second-order valence-electron chi connectivity index (χ2n) is 7.49.